The Morgan fingerprint density at radius 3 is 2.20 bits per heavy atom. The van der Waals surface area contributed by atoms with Crippen molar-refractivity contribution in [2.24, 2.45) is 16.7 Å². The van der Waals surface area contributed by atoms with Gasteiger partial charge in [0.25, 0.3) is 17.7 Å². The number of piperidine rings is 2. The lowest BCUT2D eigenvalue weighted by Gasteiger charge is -2.65. The van der Waals surface area contributed by atoms with Crippen molar-refractivity contribution in [2.75, 3.05) is 55.6 Å². The van der Waals surface area contributed by atoms with Crippen LogP contribution in [-0.2, 0) is 16.1 Å². The summed E-state index contributed by atoms with van der Waals surface area (Å²) in [4.78, 5) is 79.7. The normalized spacial score (nSPS) is 25.2. The molecule has 1 aliphatic carbocycles. The van der Waals surface area contributed by atoms with Crippen LogP contribution in [0.1, 0.15) is 95.7 Å². The molecule has 5 aliphatic heterocycles. The highest BCUT2D eigenvalue weighted by atomic mass is 35.5. The first-order valence-corrected chi connectivity index (χ1v) is 21.3. The molecule has 0 radical (unpaired) electrons. The molecular formula is C45H49ClN8O6. The van der Waals surface area contributed by atoms with Crippen LogP contribution < -0.4 is 19.9 Å². The summed E-state index contributed by atoms with van der Waals surface area (Å²) >= 11 is 6.30. The molecule has 312 valence electrons. The monoisotopic (exact) mass is 832 g/mol. The molecular weight excluding hydrogens is 784 g/mol. The molecule has 3 aromatic rings. The lowest BCUT2D eigenvalue weighted by atomic mass is 9.49. The minimum Gasteiger partial charge on any atom is -0.489 e. The predicted octanol–water partition coefficient (Wildman–Crippen LogP) is 4.88. The summed E-state index contributed by atoms with van der Waals surface area (Å²) in [5.41, 5.74) is 2.65. The summed E-state index contributed by atoms with van der Waals surface area (Å²) < 4.78 is 6.49. The second-order valence-electron chi connectivity index (χ2n) is 18.3. The van der Waals surface area contributed by atoms with Gasteiger partial charge in [-0.1, -0.05) is 39.3 Å². The Morgan fingerprint density at radius 2 is 1.52 bits per heavy atom. The zero-order valence-electron chi connectivity index (χ0n) is 34.4. The third kappa shape index (κ3) is 6.66. The number of fused-ring (bicyclic) bond motifs is 2. The second kappa shape index (κ2) is 14.9. The second-order valence-corrected chi connectivity index (χ2v) is 18.7. The number of anilines is 2. The lowest BCUT2D eigenvalue weighted by molar-refractivity contribution is -0.199. The fraction of sp³-hybridized carbons (Fsp3) is 0.489. The molecule has 3 saturated heterocycles. The smallest absolute Gasteiger partial charge is 0.262 e. The number of rotatable bonds is 8. The number of carbonyl (C=O) groups is 5. The van der Waals surface area contributed by atoms with E-state index in [-0.39, 0.29) is 41.7 Å². The first-order valence-electron chi connectivity index (χ1n) is 20.9. The lowest BCUT2D eigenvalue weighted by Crippen LogP contribution is -2.74. The quantitative estimate of drug-likeness (QED) is 0.308. The largest absolute Gasteiger partial charge is 0.489 e. The van der Waals surface area contributed by atoms with Gasteiger partial charge in [-0.3, -0.25) is 39.1 Å². The fourth-order valence-electron chi connectivity index (χ4n) is 11.1. The van der Waals surface area contributed by atoms with E-state index in [4.69, 9.17) is 21.3 Å². The minimum atomic E-state index is -0.976. The number of piperazine rings is 1. The number of hydrogen-bond donors (Lipinski definition) is 1. The first-order chi connectivity index (χ1) is 28.6. The number of benzene rings is 2. The molecule has 0 bridgehead atoms. The van der Waals surface area contributed by atoms with Crippen LogP contribution in [-0.4, -0.2) is 113 Å². The Balaban J connectivity index is 0.766. The third-order valence-electron chi connectivity index (χ3n) is 13.8. The number of halogens is 1. The van der Waals surface area contributed by atoms with Crippen LogP contribution in [0.5, 0.6) is 5.75 Å². The third-order valence-corrected chi connectivity index (χ3v) is 14.1. The Bertz CT molecular complexity index is 2340. The van der Waals surface area contributed by atoms with Crippen LogP contribution in [0.25, 0.3) is 0 Å². The Labute approximate surface area is 354 Å². The van der Waals surface area contributed by atoms with Crippen LogP contribution >= 0.6 is 11.6 Å². The van der Waals surface area contributed by atoms with Crippen LogP contribution in [0.2, 0.25) is 5.02 Å². The molecule has 6 heterocycles. The number of ether oxygens (including phenoxy) is 1. The number of carbonyl (C=O) groups excluding carboxylic acids is 5. The van der Waals surface area contributed by atoms with E-state index in [2.05, 4.69) is 53.8 Å². The minimum absolute atomic E-state index is 0.00197. The van der Waals surface area contributed by atoms with Gasteiger partial charge in [0.05, 0.1) is 39.5 Å². The van der Waals surface area contributed by atoms with Gasteiger partial charge in [-0.05, 0) is 67.6 Å². The van der Waals surface area contributed by atoms with Gasteiger partial charge < -0.3 is 19.4 Å². The Hall–Kier alpha value is -5.52. The molecule has 14 nitrogen and oxygen atoms in total. The molecule has 15 heteroatoms. The van der Waals surface area contributed by atoms with Gasteiger partial charge >= 0.3 is 0 Å². The molecule has 0 spiro atoms. The van der Waals surface area contributed by atoms with Gasteiger partial charge in [-0.25, -0.2) is 4.98 Å². The maximum absolute atomic E-state index is 13.9. The number of imide groups is 2. The van der Waals surface area contributed by atoms with E-state index < -0.39 is 29.7 Å². The number of nitriles is 1. The van der Waals surface area contributed by atoms with Gasteiger partial charge in [0, 0.05) is 80.9 Å². The molecule has 9 rings (SSSR count). The number of amides is 5. The van der Waals surface area contributed by atoms with E-state index in [1.807, 2.05) is 23.1 Å². The highest BCUT2D eigenvalue weighted by Crippen LogP contribution is 2.59. The van der Waals surface area contributed by atoms with Crippen LogP contribution in [0.15, 0.2) is 48.5 Å². The summed E-state index contributed by atoms with van der Waals surface area (Å²) in [6.07, 6.45) is 2.05. The Morgan fingerprint density at radius 1 is 0.817 bits per heavy atom. The molecule has 1 aromatic heterocycles. The van der Waals surface area contributed by atoms with Crippen molar-refractivity contribution in [3.63, 3.8) is 0 Å². The van der Waals surface area contributed by atoms with E-state index in [0.29, 0.717) is 45.5 Å². The molecule has 5 amide bonds. The van der Waals surface area contributed by atoms with Crippen molar-refractivity contribution in [1.29, 1.82) is 5.26 Å². The van der Waals surface area contributed by atoms with Crippen LogP contribution in [0.3, 0.4) is 0 Å². The number of nitrogens with one attached hydrogen (secondary N) is 1. The van der Waals surface area contributed by atoms with Crippen molar-refractivity contribution in [1.82, 2.24) is 25.0 Å². The highest BCUT2D eigenvalue weighted by molar-refractivity contribution is 6.31. The number of nitrogens with zero attached hydrogens (tertiary/aromatic N) is 7. The van der Waals surface area contributed by atoms with Crippen LogP contribution in [0, 0.1) is 28.1 Å². The standard InChI is InChI=1S/C45H49ClN8O6/c1-44(2)42(45(3,4)43(44)60-29-7-5-27(23-47)33(46)22-29)53-25-34-31(39(53)57)9-11-36(48-34)52-19-17-50(18-20-52)24-26-13-15-51(16-14-26)28-6-8-30-32(21-28)41(59)54(40(30)58)35-10-12-37(55)49-38(35)56/h5-9,11,21-22,26,35,42-43H,10,12-20,24-25H2,1-4H3,(H,49,55,56)/t35?,42-,43-. The fourth-order valence-corrected chi connectivity index (χ4v) is 11.4. The molecule has 1 N–H and O–H groups in total. The van der Waals surface area contributed by atoms with E-state index >= 15 is 0 Å². The summed E-state index contributed by atoms with van der Waals surface area (Å²) in [6, 6.07) is 15.4. The topological polar surface area (TPSA) is 159 Å². The maximum atomic E-state index is 13.9. The highest BCUT2D eigenvalue weighted by Gasteiger charge is 2.67. The zero-order valence-corrected chi connectivity index (χ0v) is 35.1. The Kier molecular flexibility index (Phi) is 9.90. The molecule has 4 fully saturated rings. The molecule has 6 aliphatic rings. The molecule has 60 heavy (non-hydrogen) atoms. The average molecular weight is 833 g/mol. The average Bonchev–Trinajstić information content (AvgIpc) is 3.67. The van der Waals surface area contributed by atoms with E-state index in [1.165, 1.54) is 0 Å². The summed E-state index contributed by atoms with van der Waals surface area (Å²) in [6.45, 7) is 15.2. The summed E-state index contributed by atoms with van der Waals surface area (Å²) in [5.74, 6) is 0.0650. The van der Waals surface area contributed by atoms with Crippen molar-refractivity contribution in [3.05, 3.63) is 81.5 Å². The maximum Gasteiger partial charge on any atom is 0.262 e. The van der Waals surface area contributed by atoms with Crippen LogP contribution in [0.4, 0.5) is 11.5 Å². The number of pyridine rings is 1. The predicted molar refractivity (Wildman–Crippen MR) is 223 cm³/mol. The molecule has 2 aromatic carbocycles. The number of aromatic nitrogens is 1. The van der Waals surface area contributed by atoms with Crippen molar-refractivity contribution >= 4 is 52.6 Å². The van der Waals surface area contributed by atoms with Crippen molar-refractivity contribution in [3.8, 4) is 11.8 Å². The van der Waals surface area contributed by atoms with E-state index in [0.717, 1.165) is 80.8 Å². The van der Waals surface area contributed by atoms with Crippen molar-refractivity contribution in [2.45, 2.75) is 78.1 Å². The van der Waals surface area contributed by atoms with E-state index in [9.17, 15) is 29.2 Å². The summed E-state index contributed by atoms with van der Waals surface area (Å²) in [7, 11) is 0. The van der Waals surface area contributed by atoms with Gasteiger partial charge in [0.1, 0.15) is 29.8 Å². The molecule has 1 unspecified atom stereocenters. The molecule has 1 atom stereocenters. The zero-order chi connectivity index (χ0) is 42.2. The van der Waals surface area contributed by atoms with Crippen molar-refractivity contribution < 1.29 is 28.7 Å². The SMILES string of the molecule is CC1(C)[C@H](Oc2ccc(C#N)c(Cl)c2)C(C)(C)[C@H]1N1Cc2nc(N3CCN(CC4CCN(c5ccc6c(c5)C(=O)N(C5CCC(=O)NC5=O)C6=O)CC4)CC3)ccc2C1=O. The van der Waals surface area contributed by atoms with Gasteiger partial charge in [-0.2, -0.15) is 5.26 Å². The first kappa shape index (κ1) is 39.9. The van der Waals surface area contributed by atoms with Gasteiger partial charge in [-0.15, -0.1) is 0 Å². The van der Waals surface area contributed by atoms with E-state index in [1.54, 1.807) is 30.3 Å². The van der Waals surface area contributed by atoms with Gasteiger partial charge in [0.15, 0.2) is 0 Å². The summed E-state index contributed by atoms with van der Waals surface area (Å²) in [5, 5.41) is 11.9. The number of hydrogen-bond acceptors (Lipinski definition) is 11. The molecule has 1 saturated carbocycles. The van der Waals surface area contributed by atoms with Gasteiger partial charge in [0.2, 0.25) is 11.8 Å².